The number of anilines is 3. The number of hydrogen-bond donors (Lipinski definition) is 24. The first-order valence-electron chi connectivity index (χ1n) is 35.3. The summed E-state index contributed by atoms with van der Waals surface area (Å²) >= 11 is 20.3. The summed E-state index contributed by atoms with van der Waals surface area (Å²) in [6.45, 7) is -1.19. The van der Waals surface area contributed by atoms with E-state index in [1.165, 1.54) is 46.9 Å². The number of fused-ring (bicyclic) bond motifs is 2. The minimum atomic E-state index is -5.68. The number of aromatic nitrogens is 10. The molecule has 5 aromatic heterocycles. The number of nitrogens with zero attached hydrogens (tertiary/aromatic N) is 8. The molecule has 5 aliphatic rings. The van der Waals surface area contributed by atoms with E-state index in [1.807, 2.05) is 0 Å². The van der Waals surface area contributed by atoms with Crippen LogP contribution in [0.4, 0.5) is 22.4 Å². The molecule has 0 aromatic carbocycles. The molecule has 10 rings (SSSR count). The molecule has 0 radical (unpaired) electrons. The van der Waals surface area contributed by atoms with Crippen molar-refractivity contribution in [2.24, 2.45) is 5.73 Å². The average molecular weight is 2320 g/mol. The number of urea groups is 1. The number of phosphoric ester groups is 4. The molecule has 0 spiro atoms. The molecule has 134 heavy (non-hydrogen) atoms. The Balaban J connectivity index is 0.000000244. The smallest absolute Gasteiger partial charge is 0.383 e. The molecule has 2 amide bonds. The van der Waals surface area contributed by atoms with Gasteiger partial charge in [0.2, 0.25) is 12.1 Å². The molecule has 4 fully saturated rings. The molecule has 5 aliphatic heterocycles. The summed E-state index contributed by atoms with van der Waals surface area (Å²) in [6, 6.07) is 0.802. The van der Waals surface area contributed by atoms with Crippen molar-refractivity contribution in [1.82, 2.24) is 49.7 Å². The highest BCUT2D eigenvalue weighted by Crippen LogP contribution is 2.70. The number of carbonyl (C=O) groups excluding carboxylic acids is 1. The first-order valence-corrected chi connectivity index (χ1v) is 64.3. The lowest BCUT2D eigenvalue weighted by atomic mass is 10.1. The summed E-state index contributed by atoms with van der Waals surface area (Å²) in [5, 5.41) is 2.52. The van der Waals surface area contributed by atoms with Gasteiger partial charge < -0.3 is 154 Å². The number of phosphoric acid groups is 12. The predicted molar refractivity (Wildman–Crippen MR) is 465 cm³/mol. The number of hydrogen-bond acceptors (Lipinski definition) is 47. The van der Waals surface area contributed by atoms with Gasteiger partial charge in [-0.25, -0.2) is 73.9 Å². The molecule has 87 heteroatoms. The number of nitrogen functional groups attached to an aromatic ring is 3. The Morgan fingerprint density at radius 3 is 1.22 bits per heavy atom. The molecule has 0 aliphatic carbocycles. The van der Waals surface area contributed by atoms with E-state index in [1.54, 1.807) is 36.5 Å². The number of H-pyrrole nitrogens is 3. The molecular formula is C47H86N16O51P12S8+2. The molecule has 766 valence electrons. The Labute approximate surface area is 779 Å². The van der Waals surface area contributed by atoms with Gasteiger partial charge in [0.1, 0.15) is 48.9 Å². The van der Waals surface area contributed by atoms with Gasteiger partial charge in [0.25, 0.3) is 11.3 Å². The van der Waals surface area contributed by atoms with E-state index in [2.05, 4.69) is 88.3 Å². The Morgan fingerprint density at radius 1 is 0.478 bits per heavy atom. The number of imidazole rings is 2. The summed E-state index contributed by atoms with van der Waals surface area (Å²) in [4.78, 5) is 206. The molecule has 13 unspecified atom stereocenters. The van der Waals surface area contributed by atoms with Gasteiger partial charge in [-0.2, -0.15) is 44.0 Å². The van der Waals surface area contributed by atoms with Crippen LogP contribution in [0.5, 0.6) is 0 Å². The molecule has 10 heterocycles. The van der Waals surface area contributed by atoms with Crippen molar-refractivity contribution < 1.29 is 237 Å². The monoisotopic (exact) mass is 2320 g/mol. The van der Waals surface area contributed by atoms with Crippen LogP contribution in [-0.4, -0.2) is 265 Å². The highest BCUT2D eigenvalue weighted by molar-refractivity contribution is 8.29. The molecule has 0 bridgehead atoms. The van der Waals surface area contributed by atoms with Crippen molar-refractivity contribution in [3.05, 3.63) is 63.9 Å². The number of aromatic amines is 3. The maximum absolute atomic E-state index is 12.3. The molecule has 28 N–H and O–H groups in total. The van der Waals surface area contributed by atoms with Crippen molar-refractivity contribution >= 4 is 222 Å². The SMILES string of the molecule is CC1=CN([C@H]2C[C@@H](OCS(C)=S)[C@@H](COP(=O)(O)OP(=O)(O)OP(=O)(O)O)O2)C(=O)NC1N.CS(=S)CO[C@@H]1C[C@H]([n+]2c(N)[nH]c(=O)c3[nH]cnc32)O[C@@H]1COP(=O)(O)OP(=O)(O)OP(=O)(O)O.CS(=S)CO[C@@H]1C[C@H]([n+]2cnc(N)c3[nH]cnc32)O[C@@H]1COP(=O)(O)OP(=O)(O)OP(=O)(O)O.CS(=S)CO[C@@H]1C[C@H](n2ccc(N)nc2=O)O[C@@H]1COP(=O)(O)OP(=O)(O)OP(=O)(O)O. The largest absolute Gasteiger partial charge is 0.490 e. The van der Waals surface area contributed by atoms with Crippen LogP contribution < -0.4 is 48.6 Å². The van der Waals surface area contributed by atoms with E-state index >= 15 is 0 Å². The normalized spacial score (nSPS) is 27.0. The second-order valence-corrected chi connectivity index (χ2v) is 56.8. The van der Waals surface area contributed by atoms with Crippen LogP contribution in [0.2, 0.25) is 0 Å². The maximum Gasteiger partial charge on any atom is 0.490 e. The number of nitrogens with two attached hydrogens (primary N) is 4. The van der Waals surface area contributed by atoms with Crippen molar-refractivity contribution in [2.75, 3.05) is 92.4 Å². The Hall–Kier alpha value is -2.25. The molecule has 67 nitrogen and oxygen atoms in total. The average Bonchev–Trinajstić information content (AvgIpc) is 1.70. The fourth-order valence-electron chi connectivity index (χ4n) is 11.3. The van der Waals surface area contributed by atoms with Gasteiger partial charge in [-0.15, -0.1) is 4.98 Å². The molecule has 4 saturated heterocycles. The fourth-order valence-corrected chi connectivity index (χ4v) is 25.6. The van der Waals surface area contributed by atoms with Gasteiger partial charge in [0.05, 0.1) is 74.6 Å². The fraction of sp³-hybridized carbons (Fsp3) is 0.638. The quantitative estimate of drug-likeness (QED) is 0.0142. The first-order chi connectivity index (χ1) is 61.3. The lowest BCUT2D eigenvalue weighted by Gasteiger charge is -2.32. The van der Waals surface area contributed by atoms with Crippen molar-refractivity contribution in [2.45, 2.75) is 113 Å². The van der Waals surface area contributed by atoms with Crippen molar-refractivity contribution in [1.29, 1.82) is 0 Å². The van der Waals surface area contributed by atoms with Crippen LogP contribution in [0.3, 0.4) is 0 Å². The van der Waals surface area contributed by atoms with Gasteiger partial charge >= 0.3 is 117 Å². The summed E-state index contributed by atoms with van der Waals surface area (Å²) < 4.78 is 235. The number of carbonyl (C=O) groups is 1. The zero-order valence-corrected chi connectivity index (χ0v) is 85.2. The standard InChI is InChI=1S/C12H20N5O13P3S2.C12H20N5O12P3S2.C12H24N3O13P3S2.C11H20N3O13P3S2/c1-35(34)5-26-6-2-8(17-10-9(14-4-15-10)11(18)16-12(17)13)28-7(6)3-27-32(22,23)30-33(24,25)29-31(19,20)21;1-34(33)6-25-7-2-9(17-5-16-11(13)10-12(17)15-4-14-10)27-8(7)3-26-31(21,22)29-32(23,24)28-30(18,19)20;1-7-4-15(12(16)14-11(7)13)10-3-8(24-6-33(2)32)9(26-10)5-25-30(20,21)28-31(22,23)27-29(17,18)19;1-32(31)6-23-7-4-10(14-3-2-9(12)13-11(14)15)25-8(7)5-24-29(19,20)27-30(21,22)26-28(16,17)18/h4,6-8H,2-3,5H2,1H3,(H7,13,14,15,16,18,19,20,21,22,23,24,25);4-5,7-9H,2-3,6H2,1H3,(H6,13,14,15,18,19,20,21,22,23,24);4,8-11H,3,5-6,13H2,1-2H3,(H,14,16)(H,20,21)(H,22,23)(H2,17,18,19);2-3,7-8,10H,4-6H2,1H3,(H,19,20)(H,21,22)(H2,12,13,15)(H2,16,17,18)/p+2/t6-,7-,8-,35?;7-,8-,9-,34?;8-,9-,10-,11?,33?;7-,8-,10-,32?/m1111/s1. The number of rotatable bonds is 44. The summed E-state index contributed by atoms with van der Waals surface area (Å²) in [5.74, 6) is 0.632. The summed E-state index contributed by atoms with van der Waals surface area (Å²) in [5.41, 5.74) is 23.5. The first kappa shape index (κ1) is 119. The van der Waals surface area contributed by atoms with E-state index in [9.17, 15) is 108 Å². The zero-order chi connectivity index (χ0) is 101. The van der Waals surface area contributed by atoms with E-state index in [0.717, 1.165) is 4.57 Å². The van der Waals surface area contributed by atoms with Crippen molar-refractivity contribution in [3.63, 3.8) is 0 Å². The third kappa shape index (κ3) is 40.0. The van der Waals surface area contributed by atoms with Crippen LogP contribution >= 0.6 is 93.9 Å². The molecule has 5 aromatic rings. The highest BCUT2D eigenvalue weighted by Gasteiger charge is 2.51. The minimum absolute atomic E-state index is 0.0117. The van der Waals surface area contributed by atoms with Gasteiger partial charge in [-0.05, 0) is 88.3 Å². The van der Waals surface area contributed by atoms with Gasteiger partial charge in [0.15, 0.2) is 36.1 Å². The zero-order valence-electron chi connectivity index (χ0n) is 67.9. The van der Waals surface area contributed by atoms with Crippen molar-refractivity contribution in [3.8, 4) is 0 Å². The van der Waals surface area contributed by atoms with Gasteiger partial charge in [-0.3, -0.25) is 32.4 Å². The van der Waals surface area contributed by atoms with Crippen LogP contribution in [0, 0.1) is 0 Å². The number of amides is 2. The highest BCUT2D eigenvalue weighted by atomic mass is 32.8. The number of ether oxygens (including phenoxy) is 8. The Morgan fingerprint density at radius 2 is 0.828 bits per heavy atom. The second kappa shape index (κ2) is 49.1. The lowest BCUT2D eigenvalue weighted by Crippen LogP contribution is -2.54. The molecule has 25 atom stereocenters. The summed E-state index contributed by atoms with van der Waals surface area (Å²) in [7, 11) is -68.4. The Kier molecular flexibility index (Phi) is 43.5. The summed E-state index contributed by atoms with van der Waals surface area (Å²) in [6.07, 6.45) is 2.98. The molecule has 0 saturated carbocycles. The van der Waals surface area contributed by atoms with E-state index in [4.69, 9.17) is 149 Å². The minimum Gasteiger partial charge on any atom is -0.383 e. The van der Waals surface area contributed by atoms with E-state index in [-0.39, 0.29) is 78.2 Å². The lowest BCUT2D eigenvalue weighted by molar-refractivity contribution is -0.740. The van der Waals surface area contributed by atoms with Crippen LogP contribution in [0.1, 0.15) is 51.3 Å². The topological polar surface area (TPSA) is 995 Å². The Bertz CT molecular complexity index is 5900. The third-order valence-corrected chi connectivity index (χ3v) is 34.5. The van der Waals surface area contributed by atoms with Crippen LogP contribution in [-0.2, 0) is 228 Å². The van der Waals surface area contributed by atoms with Crippen LogP contribution in [0.25, 0.3) is 22.3 Å². The predicted octanol–water partition coefficient (Wildman–Crippen LogP) is -2.46. The number of nitrogens with one attached hydrogen (secondary N) is 4. The second-order valence-electron chi connectivity index (χ2n) is 26.8. The van der Waals surface area contributed by atoms with E-state index < -0.39 is 255 Å². The van der Waals surface area contributed by atoms with E-state index in [0.29, 0.717) is 16.7 Å². The van der Waals surface area contributed by atoms with Gasteiger partial charge in [-0.1, -0.05) is 47.8 Å². The molecular weight excluding hydrogens is 2230 g/mol. The van der Waals surface area contributed by atoms with Crippen LogP contribution in [0.15, 0.2) is 52.6 Å². The van der Waals surface area contributed by atoms with Gasteiger partial charge in [0, 0.05) is 38.1 Å². The third-order valence-electron chi connectivity index (χ3n) is 16.2. The maximum atomic E-state index is 12.3.